The molecule has 0 spiro atoms. The first kappa shape index (κ1) is 12.9. The molecule has 0 aliphatic heterocycles. The fourth-order valence-corrected chi connectivity index (χ4v) is 1.85. The number of benzene rings is 1. The molecule has 0 bridgehead atoms. The minimum Gasteiger partial charge on any atom is -0.437 e. The second kappa shape index (κ2) is 5.46. The van der Waals surface area contributed by atoms with Crippen molar-refractivity contribution in [3.63, 3.8) is 0 Å². The van der Waals surface area contributed by atoms with Crippen molar-refractivity contribution in [1.29, 1.82) is 0 Å². The second-order valence-corrected chi connectivity index (χ2v) is 4.30. The average molecular weight is 280 g/mol. The Morgan fingerprint density at radius 1 is 1.29 bits per heavy atom. The summed E-state index contributed by atoms with van der Waals surface area (Å²) in [5.41, 5.74) is 7.03. The summed E-state index contributed by atoms with van der Waals surface area (Å²) in [6.07, 6.45) is 6.10. The number of aromatic nitrogens is 3. The third kappa shape index (κ3) is 2.89. The van der Waals surface area contributed by atoms with E-state index < -0.39 is 5.91 Å². The van der Waals surface area contributed by atoms with E-state index in [1.807, 2.05) is 30.3 Å². The van der Waals surface area contributed by atoms with Crippen molar-refractivity contribution in [2.24, 2.45) is 5.73 Å². The Hall–Kier alpha value is -3.15. The standard InChI is InChI=1S/C15H12N4O2/c16-12(20)7-6-10-8-17-15-14(10)19-13(9-18-15)21-11-4-2-1-3-5-11/h1-9H,(H2,16,20)(H,17,18)/b7-6+. The van der Waals surface area contributed by atoms with Crippen molar-refractivity contribution >= 4 is 23.1 Å². The van der Waals surface area contributed by atoms with Crippen LogP contribution >= 0.6 is 0 Å². The van der Waals surface area contributed by atoms with Gasteiger partial charge < -0.3 is 15.5 Å². The molecule has 0 atom stereocenters. The lowest BCUT2D eigenvalue weighted by Crippen LogP contribution is -2.05. The van der Waals surface area contributed by atoms with Crippen LogP contribution in [0.25, 0.3) is 17.2 Å². The summed E-state index contributed by atoms with van der Waals surface area (Å²) < 4.78 is 5.63. The van der Waals surface area contributed by atoms with E-state index in [2.05, 4.69) is 15.0 Å². The van der Waals surface area contributed by atoms with Gasteiger partial charge in [0.2, 0.25) is 11.8 Å². The molecule has 0 unspecified atom stereocenters. The summed E-state index contributed by atoms with van der Waals surface area (Å²) in [5.74, 6) is 0.534. The molecule has 0 saturated carbocycles. The Morgan fingerprint density at radius 3 is 2.86 bits per heavy atom. The van der Waals surface area contributed by atoms with Crippen LogP contribution in [-0.4, -0.2) is 20.9 Å². The molecule has 6 heteroatoms. The van der Waals surface area contributed by atoms with Crippen LogP contribution in [0.2, 0.25) is 0 Å². The summed E-state index contributed by atoms with van der Waals surface area (Å²) in [6, 6.07) is 9.31. The van der Waals surface area contributed by atoms with Crippen LogP contribution in [-0.2, 0) is 4.79 Å². The van der Waals surface area contributed by atoms with Crippen LogP contribution in [0.15, 0.2) is 48.8 Å². The number of para-hydroxylation sites is 1. The lowest BCUT2D eigenvalue weighted by atomic mass is 10.3. The summed E-state index contributed by atoms with van der Waals surface area (Å²) in [4.78, 5) is 22.4. The van der Waals surface area contributed by atoms with Crippen molar-refractivity contribution in [3.8, 4) is 11.6 Å². The Labute approximate surface area is 120 Å². The van der Waals surface area contributed by atoms with E-state index in [1.165, 1.54) is 12.3 Å². The molecule has 1 aromatic carbocycles. The number of nitrogens with zero attached hydrogens (tertiary/aromatic N) is 2. The van der Waals surface area contributed by atoms with Gasteiger partial charge in [0, 0.05) is 17.8 Å². The molecule has 21 heavy (non-hydrogen) atoms. The molecule has 0 radical (unpaired) electrons. The molecule has 0 saturated heterocycles. The number of amides is 1. The number of hydrogen-bond donors (Lipinski definition) is 2. The molecular weight excluding hydrogens is 268 g/mol. The van der Waals surface area contributed by atoms with Crippen LogP contribution < -0.4 is 10.5 Å². The van der Waals surface area contributed by atoms with Crippen molar-refractivity contribution in [3.05, 3.63) is 54.4 Å². The number of ether oxygens (including phenoxy) is 1. The highest BCUT2D eigenvalue weighted by Crippen LogP contribution is 2.22. The van der Waals surface area contributed by atoms with Crippen molar-refractivity contribution < 1.29 is 9.53 Å². The number of hydrogen-bond acceptors (Lipinski definition) is 4. The van der Waals surface area contributed by atoms with Gasteiger partial charge in [-0.25, -0.2) is 9.97 Å². The highest BCUT2D eigenvalue weighted by atomic mass is 16.5. The van der Waals surface area contributed by atoms with E-state index >= 15 is 0 Å². The number of H-pyrrole nitrogens is 1. The van der Waals surface area contributed by atoms with Gasteiger partial charge in [-0.3, -0.25) is 4.79 Å². The largest absolute Gasteiger partial charge is 0.437 e. The maximum Gasteiger partial charge on any atom is 0.241 e. The maximum atomic E-state index is 10.8. The van der Waals surface area contributed by atoms with Gasteiger partial charge in [-0.1, -0.05) is 18.2 Å². The number of rotatable bonds is 4. The fraction of sp³-hybridized carbons (Fsp3) is 0. The molecule has 6 nitrogen and oxygen atoms in total. The van der Waals surface area contributed by atoms with E-state index in [1.54, 1.807) is 12.3 Å². The first-order chi connectivity index (χ1) is 10.2. The lowest BCUT2D eigenvalue weighted by Gasteiger charge is -2.03. The van der Waals surface area contributed by atoms with E-state index in [4.69, 9.17) is 10.5 Å². The van der Waals surface area contributed by atoms with Crippen molar-refractivity contribution in [2.75, 3.05) is 0 Å². The number of nitrogens with two attached hydrogens (primary N) is 1. The first-order valence-electron chi connectivity index (χ1n) is 6.27. The van der Waals surface area contributed by atoms with Gasteiger partial charge in [-0.05, 0) is 18.2 Å². The van der Waals surface area contributed by atoms with Gasteiger partial charge in [0.05, 0.1) is 6.20 Å². The molecule has 0 aliphatic carbocycles. The molecule has 0 aliphatic rings. The van der Waals surface area contributed by atoms with Crippen molar-refractivity contribution in [2.45, 2.75) is 0 Å². The van der Waals surface area contributed by atoms with Gasteiger partial charge in [0.15, 0.2) is 5.65 Å². The highest BCUT2D eigenvalue weighted by molar-refractivity contribution is 5.93. The summed E-state index contributed by atoms with van der Waals surface area (Å²) >= 11 is 0. The second-order valence-electron chi connectivity index (χ2n) is 4.30. The number of nitrogens with one attached hydrogen (secondary N) is 1. The minimum atomic E-state index is -0.519. The van der Waals surface area contributed by atoms with Gasteiger partial charge in [0.1, 0.15) is 11.3 Å². The molecule has 3 N–H and O–H groups in total. The summed E-state index contributed by atoms with van der Waals surface area (Å²) in [7, 11) is 0. The van der Waals surface area contributed by atoms with Crippen molar-refractivity contribution in [1.82, 2.24) is 15.0 Å². The number of carbonyl (C=O) groups is 1. The smallest absolute Gasteiger partial charge is 0.241 e. The third-order valence-electron chi connectivity index (χ3n) is 2.78. The molecule has 104 valence electrons. The lowest BCUT2D eigenvalue weighted by molar-refractivity contribution is -0.113. The van der Waals surface area contributed by atoms with Crippen LogP contribution in [0.3, 0.4) is 0 Å². The van der Waals surface area contributed by atoms with E-state index in [-0.39, 0.29) is 0 Å². The predicted octanol–water partition coefficient (Wildman–Crippen LogP) is 2.25. The molecule has 2 heterocycles. The predicted molar refractivity (Wildman–Crippen MR) is 78.6 cm³/mol. The fourth-order valence-electron chi connectivity index (χ4n) is 1.85. The Morgan fingerprint density at radius 2 is 2.10 bits per heavy atom. The Kier molecular flexibility index (Phi) is 3.34. The topological polar surface area (TPSA) is 93.9 Å². The Bertz CT molecular complexity index is 809. The minimum absolute atomic E-state index is 0.377. The summed E-state index contributed by atoms with van der Waals surface area (Å²) in [6.45, 7) is 0. The zero-order valence-corrected chi connectivity index (χ0v) is 11.0. The first-order valence-corrected chi connectivity index (χ1v) is 6.27. The quantitative estimate of drug-likeness (QED) is 0.717. The molecular formula is C15H12N4O2. The van der Waals surface area contributed by atoms with Crippen LogP contribution in [0.1, 0.15) is 5.56 Å². The molecule has 1 amide bonds. The number of fused-ring (bicyclic) bond motifs is 1. The summed E-state index contributed by atoms with van der Waals surface area (Å²) in [5, 5.41) is 0. The van der Waals surface area contributed by atoms with E-state index in [0.29, 0.717) is 22.8 Å². The van der Waals surface area contributed by atoms with E-state index in [9.17, 15) is 4.79 Å². The van der Waals surface area contributed by atoms with Crippen LogP contribution in [0.5, 0.6) is 11.6 Å². The van der Waals surface area contributed by atoms with Gasteiger partial charge in [0.25, 0.3) is 0 Å². The van der Waals surface area contributed by atoms with Crippen LogP contribution in [0, 0.1) is 0 Å². The number of primary amides is 1. The normalized spacial score (nSPS) is 11.0. The van der Waals surface area contributed by atoms with Gasteiger partial charge in [-0.15, -0.1) is 0 Å². The monoisotopic (exact) mass is 280 g/mol. The average Bonchev–Trinajstić information content (AvgIpc) is 2.88. The number of carbonyl (C=O) groups excluding carboxylic acids is 1. The van der Waals surface area contributed by atoms with Gasteiger partial charge >= 0.3 is 0 Å². The highest BCUT2D eigenvalue weighted by Gasteiger charge is 2.07. The van der Waals surface area contributed by atoms with Gasteiger partial charge in [-0.2, -0.15) is 0 Å². The SMILES string of the molecule is NC(=O)/C=C/c1c[nH]c2ncc(Oc3ccccc3)nc12. The third-order valence-corrected chi connectivity index (χ3v) is 2.78. The molecule has 3 rings (SSSR count). The zero-order valence-electron chi connectivity index (χ0n) is 11.0. The molecule has 0 fully saturated rings. The Balaban J connectivity index is 1.95. The molecule has 2 aromatic heterocycles. The maximum absolute atomic E-state index is 10.8. The zero-order chi connectivity index (χ0) is 14.7. The molecule has 3 aromatic rings. The van der Waals surface area contributed by atoms with Crippen LogP contribution in [0.4, 0.5) is 0 Å². The number of aromatic amines is 1. The van der Waals surface area contributed by atoms with E-state index in [0.717, 1.165) is 5.56 Å².